The van der Waals surface area contributed by atoms with Crippen LogP contribution < -0.4 is 10.1 Å². The molecule has 180 valence electrons. The second-order valence-electron chi connectivity index (χ2n) is 8.92. The first-order valence-corrected chi connectivity index (χ1v) is 11.7. The van der Waals surface area contributed by atoms with E-state index in [-0.39, 0.29) is 24.3 Å². The van der Waals surface area contributed by atoms with Crippen molar-refractivity contribution in [3.63, 3.8) is 0 Å². The lowest BCUT2D eigenvalue weighted by atomic mass is 10.0. The van der Waals surface area contributed by atoms with Crippen LogP contribution >= 0.6 is 0 Å². The monoisotopic (exact) mass is 465 g/mol. The van der Waals surface area contributed by atoms with Crippen molar-refractivity contribution >= 4 is 30.7 Å². The summed E-state index contributed by atoms with van der Waals surface area (Å²) in [5, 5.41) is 2.33. The number of carbonyl (C=O) groups is 3. The molecule has 9 heteroatoms. The lowest BCUT2D eigenvalue weighted by Gasteiger charge is -2.35. The molecule has 0 bridgehead atoms. The van der Waals surface area contributed by atoms with E-state index in [1.807, 2.05) is 18.3 Å². The summed E-state index contributed by atoms with van der Waals surface area (Å²) in [7, 11) is 1.74. The molecule has 2 fully saturated rings. The van der Waals surface area contributed by atoms with Crippen LogP contribution in [0.2, 0.25) is 0 Å². The number of benzene rings is 1. The van der Waals surface area contributed by atoms with Crippen LogP contribution in [0.25, 0.3) is 0 Å². The van der Waals surface area contributed by atoms with Crippen LogP contribution in [0.5, 0.6) is 5.75 Å². The molecule has 2 saturated heterocycles. The van der Waals surface area contributed by atoms with E-state index in [2.05, 4.69) is 26.9 Å². The molecule has 0 saturated carbocycles. The molecule has 0 spiro atoms. The summed E-state index contributed by atoms with van der Waals surface area (Å²) in [5.41, 5.74) is 2.44. The summed E-state index contributed by atoms with van der Waals surface area (Å²) in [6.45, 7) is 6.16. The molecule has 2 atom stereocenters. The van der Waals surface area contributed by atoms with Gasteiger partial charge in [0.2, 0.25) is 11.8 Å². The minimum Gasteiger partial charge on any atom is -0.492 e. The Kier molecular flexibility index (Phi) is 7.52. The lowest BCUT2D eigenvalue weighted by Crippen LogP contribution is -2.52. The molecule has 1 N–H and O–H groups in total. The Morgan fingerprint density at radius 1 is 1.26 bits per heavy atom. The number of fused-ring (bicyclic) bond motifs is 1. The zero-order valence-electron chi connectivity index (χ0n) is 19.5. The molecule has 1 unspecified atom stereocenters. The number of rotatable bonds is 8. The normalized spacial score (nSPS) is 23.9. The van der Waals surface area contributed by atoms with E-state index in [4.69, 9.17) is 4.74 Å². The van der Waals surface area contributed by atoms with Gasteiger partial charge < -0.3 is 9.64 Å². The number of piperidine rings is 2. The third-order valence-corrected chi connectivity index (χ3v) is 6.62. The fraction of sp³-hybridized carbons (Fsp3) is 0.480. The number of ether oxygens (including phenoxy) is 1. The first-order chi connectivity index (χ1) is 16.5. The smallest absolute Gasteiger partial charge is 0.255 e. The number of carbonyl (C=O) groups excluding carboxylic acids is 3. The molecule has 3 aliphatic heterocycles. The summed E-state index contributed by atoms with van der Waals surface area (Å²) in [4.78, 5) is 48.5. The van der Waals surface area contributed by atoms with Gasteiger partial charge in [-0.05, 0) is 56.3 Å². The summed E-state index contributed by atoms with van der Waals surface area (Å²) in [6.07, 6.45) is 7.50. The fourth-order valence-electron chi connectivity index (χ4n) is 4.92. The highest BCUT2D eigenvalue weighted by atomic mass is 16.5. The minimum atomic E-state index is -0.614. The van der Waals surface area contributed by atoms with Crippen LogP contribution in [0, 0.1) is 0 Å². The van der Waals surface area contributed by atoms with Crippen molar-refractivity contribution in [3.05, 3.63) is 41.1 Å². The molecule has 3 aliphatic rings. The van der Waals surface area contributed by atoms with Crippen LogP contribution in [-0.2, 0) is 16.1 Å². The molecule has 0 aliphatic carbocycles. The van der Waals surface area contributed by atoms with E-state index in [1.54, 1.807) is 24.2 Å². The Labute approximate surface area is 199 Å². The third kappa shape index (κ3) is 5.25. The standard InChI is InChI=1S/C25H31N5O4/c1-26-12-17(13-27-2)14-29-10-4-3-5-19(29)16-34-20-6-7-21-18(11-20)15-30(25(21)33)22-8-9-23(31)28-24(22)32/h6-7,11-13,19,22H,1,3-5,8-10,14-16H2,2H3,(H,28,31,32)/b17-12+,27-13?/t19-,22?/m1/s1. The Morgan fingerprint density at radius 2 is 2.12 bits per heavy atom. The average molecular weight is 466 g/mol. The highest BCUT2D eigenvalue weighted by Gasteiger charge is 2.39. The maximum absolute atomic E-state index is 12.9. The molecule has 3 amide bonds. The second kappa shape index (κ2) is 10.7. The zero-order chi connectivity index (χ0) is 24.1. The Balaban J connectivity index is 1.40. The molecule has 3 heterocycles. The van der Waals surface area contributed by atoms with E-state index >= 15 is 0 Å². The van der Waals surface area contributed by atoms with Crippen LogP contribution in [0.15, 0.2) is 40.0 Å². The predicted octanol–water partition coefficient (Wildman–Crippen LogP) is 1.97. The van der Waals surface area contributed by atoms with Crippen LogP contribution in [-0.4, -0.2) is 79.3 Å². The summed E-state index contributed by atoms with van der Waals surface area (Å²) in [6, 6.07) is 5.13. The van der Waals surface area contributed by atoms with E-state index in [9.17, 15) is 14.4 Å². The Bertz CT molecular complexity index is 1030. The van der Waals surface area contributed by atoms with Gasteiger partial charge >= 0.3 is 0 Å². The molecule has 0 aromatic heterocycles. The predicted molar refractivity (Wildman–Crippen MR) is 129 cm³/mol. The first-order valence-electron chi connectivity index (χ1n) is 11.7. The molecule has 34 heavy (non-hydrogen) atoms. The van der Waals surface area contributed by atoms with Crippen molar-refractivity contribution in [2.24, 2.45) is 9.98 Å². The fourth-order valence-corrected chi connectivity index (χ4v) is 4.92. The van der Waals surface area contributed by atoms with Gasteiger partial charge in [0, 0.05) is 56.2 Å². The summed E-state index contributed by atoms with van der Waals surface area (Å²) in [5.74, 6) is -0.161. The summed E-state index contributed by atoms with van der Waals surface area (Å²) >= 11 is 0. The van der Waals surface area contributed by atoms with E-state index in [0.29, 0.717) is 30.9 Å². The van der Waals surface area contributed by atoms with Crippen molar-refractivity contribution in [1.29, 1.82) is 0 Å². The van der Waals surface area contributed by atoms with E-state index in [1.165, 1.54) is 0 Å². The van der Waals surface area contributed by atoms with Crippen LogP contribution in [0.3, 0.4) is 0 Å². The number of nitrogens with one attached hydrogen (secondary N) is 1. The van der Waals surface area contributed by atoms with Gasteiger partial charge in [0.25, 0.3) is 5.91 Å². The quantitative estimate of drug-likeness (QED) is 0.467. The highest BCUT2D eigenvalue weighted by molar-refractivity contribution is 6.05. The molecule has 9 nitrogen and oxygen atoms in total. The van der Waals surface area contributed by atoms with Crippen molar-refractivity contribution in [2.75, 3.05) is 26.7 Å². The topological polar surface area (TPSA) is 104 Å². The maximum Gasteiger partial charge on any atom is 0.255 e. The molecule has 1 aromatic rings. The largest absolute Gasteiger partial charge is 0.492 e. The van der Waals surface area contributed by atoms with Gasteiger partial charge in [-0.25, -0.2) is 0 Å². The molecule has 4 rings (SSSR count). The Morgan fingerprint density at radius 3 is 2.88 bits per heavy atom. The molecule has 1 aromatic carbocycles. The van der Waals surface area contributed by atoms with E-state index in [0.717, 1.165) is 43.5 Å². The van der Waals surface area contributed by atoms with Gasteiger partial charge in [-0.2, -0.15) is 0 Å². The van der Waals surface area contributed by atoms with Gasteiger partial charge in [-0.3, -0.25) is 34.6 Å². The number of aliphatic imine (C=N–C) groups is 2. The number of hydrogen-bond acceptors (Lipinski definition) is 7. The van der Waals surface area contributed by atoms with Gasteiger partial charge in [0.05, 0.1) is 0 Å². The van der Waals surface area contributed by atoms with Crippen LogP contribution in [0.1, 0.15) is 48.0 Å². The summed E-state index contributed by atoms with van der Waals surface area (Å²) < 4.78 is 6.17. The van der Waals surface area contributed by atoms with Gasteiger partial charge in [0.15, 0.2) is 0 Å². The van der Waals surface area contributed by atoms with Crippen LogP contribution in [0.4, 0.5) is 0 Å². The van der Waals surface area contributed by atoms with Gasteiger partial charge in [0.1, 0.15) is 18.4 Å². The number of nitrogens with zero attached hydrogens (tertiary/aromatic N) is 4. The number of likely N-dealkylation sites (tertiary alicyclic amines) is 1. The molecular formula is C25H31N5O4. The number of imide groups is 1. The van der Waals surface area contributed by atoms with Gasteiger partial charge in [-0.1, -0.05) is 6.42 Å². The second-order valence-corrected chi connectivity index (χ2v) is 8.92. The minimum absolute atomic E-state index is 0.178. The SMILES string of the molecule is C=N/C=C(\C=NC)CN1CCCC[C@@H]1COc1ccc2c(c1)CN(C1CCC(=O)NC1=O)C2=O. The molecular weight excluding hydrogens is 434 g/mol. The lowest BCUT2D eigenvalue weighted by molar-refractivity contribution is -0.136. The average Bonchev–Trinajstić information content (AvgIpc) is 3.14. The zero-order valence-corrected chi connectivity index (χ0v) is 19.5. The molecule has 0 radical (unpaired) electrons. The third-order valence-electron chi connectivity index (χ3n) is 6.62. The number of amides is 3. The Hall–Kier alpha value is -3.33. The van der Waals surface area contributed by atoms with Gasteiger partial charge in [-0.15, -0.1) is 0 Å². The van der Waals surface area contributed by atoms with Crippen molar-refractivity contribution in [3.8, 4) is 5.75 Å². The number of hydrogen-bond donors (Lipinski definition) is 1. The van der Waals surface area contributed by atoms with E-state index < -0.39 is 11.9 Å². The van der Waals surface area contributed by atoms with Crippen molar-refractivity contribution in [1.82, 2.24) is 15.1 Å². The highest BCUT2D eigenvalue weighted by Crippen LogP contribution is 2.30. The maximum atomic E-state index is 12.9. The van der Waals surface area contributed by atoms with Crippen molar-refractivity contribution in [2.45, 2.75) is 50.7 Å². The first kappa shape index (κ1) is 23.8. The van der Waals surface area contributed by atoms with Crippen molar-refractivity contribution < 1.29 is 19.1 Å².